The van der Waals surface area contributed by atoms with Crippen molar-refractivity contribution < 1.29 is 4.79 Å². The van der Waals surface area contributed by atoms with Gasteiger partial charge < -0.3 is 9.80 Å². The Morgan fingerprint density at radius 2 is 1.95 bits per heavy atom. The lowest BCUT2D eigenvalue weighted by molar-refractivity contribution is -0.135. The zero-order chi connectivity index (χ0) is 14.5. The maximum atomic E-state index is 12.3. The van der Waals surface area contributed by atoms with E-state index < -0.39 is 0 Å². The van der Waals surface area contributed by atoms with Crippen LogP contribution >= 0.6 is 0 Å². The molecule has 0 aliphatic carbocycles. The first-order valence-corrected chi connectivity index (χ1v) is 7.72. The number of anilines is 1. The van der Waals surface area contributed by atoms with Gasteiger partial charge in [-0.25, -0.2) is 0 Å². The third kappa shape index (κ3) is 3.53. The number of hydrogen-bond donors (Lipinski definition) is 0. The average molecular weight is 274 g/mol. The summed E-state index contributed by atoms with van der Waals surface area (Å²) in [5.74, 6) is 0.501. The summed E-state index contributed by atoms with van der Waals surface area (Å²) < 4.78 is 0. The fraction of sp³-hybridized carbons (Fsp3) is 0.588. The summed E-state index contributed by atoms with van der Waals surface area (Å²) in [6, 6.07) is 8.60. The van der Waals surface area contributed by atoms with Crippen LogP contribution in [-0.2, 0) is 4.79 Å². The number of rotatable bonds is 4. The van der Waals surface area contributed by atoms with Gasteiger partial charge in [-0.1, -0.05) is 32.4 Å². The molecule has 1 aromatic carbocycles. The highest BCUT2D eigenvalue weighted by Crippen LogP contribution is 2.19. The minimum atomic E-state index is 0.172. The molecule has 3 nitrogen and oxygen atoms in total. The zero-order valence-corrected chi connectivity index (χ0v) is 12.9. The van der Waals surface area contributed by atoms with Crippen molar-refractivity contribution in [3.05, 3.63) is 29.8 Å². The number of piperazine rings is 1. The van der Waals surface area contributed by atoms with Gasteiger partial charge in [0.2, 0.25) is 5.91 Å². The lowest BCUT2D eigenvalue weighted by Crippen LogP contribution is -2.50. The number of amides is 1. The molecule has 1 heterocycles. The monoisotopic (exact) mass is 274 g/mol. The first-order valence-electron chi connectivity index (χ1n) is 7.72. The number of benzene rings is 1. The Hall–Kier alpha value is -1.51. The quantitative estimate of drug-likeness (QED) is 0.842. The number of nitrogens with zero attached hydrogens (tertiary/aromatic N) is 2. The maximum Gasteiger partial charge on any atom is 0.225 e. The molecule has 0 radical (unpaired) electrons. The summed E-state index contributed by atoms with van der Waals surface area (Å²) in [6.07, 6.45) is 2.08. The van der Waals surface area contributed by atoms with E-state index in [0.717, 1.165) is 39.0 Å². The van der Waals surface area contributed by atoms with Crippen LogP contribution < -0.4 is 4.90 Å². The van der Waals surface area contributed by atoms with E-state index in [-0.39, 0.29) is 5.92 Å². The molecule has 0 N–H and O–H groups in total. The number of carbonyl (C=O) groups is 1. The molecule has 1 unspecified atom stereocenters. The summed E-state index contributed by atoms with van der Waals surface area (Å²) in [5, 5.41) is 0. The van der Waals surface area contributed by atoms with E-state index in [0.29, 0.717) is 5.91 Å². The number of hydrogen-bond acceptors (Lipinski definition) is 2. The highest BCUT2D eigenvalue weighted by molar-refractivity contribution is 5.78. The largest absolute Gasteiger partial charge is 0.368 e. The van der Waals surface area contributed by atoms with Crippen LogP contribution in [0.25, 0.3) is 0 Å². The van der Waals surface area contributed by atoms with Crippen molar-refractivity contribution in [3.8, 4) is 0 Å². The van der Waals surface area contributed by atoms with Crippen LogP contribution in [0.1, 0.15) is 32.3 Å². The molecule has 0 spiro atoms. The minimum Gasteiger partial charge on any atom is -0.368 e. The Morgan fingerprint density at radius 1 is 1.25 bits per heavy atom. The Labute approximate surface area is 122 Å². The van der Waals surface area contributed by atoms with Gasteiger partial charge in [-0.3, -0.25) is 4.79 Å². The van der Waals surface area contributed by atoms with Crippen molar-refractivity contribution in [2.45, 2.75) is 33.6 Å². The molecule has 1 saturated heterocycles. The van der Waals surface area contributed by atoms with Crippen LogP contribution in [0.5, 0.6) is 0 Å². The highest BCUT2D eigenvalue weighted by atomic mass is 16.2. The third-order valence-corrected chi connectivity index (χ3v) is 4.10. The van der Waals surface area contributed by atoms with Crippen LogP contribution in [0.15, 0.2) is 24.3 Å². The summed E-state index contributed by atoms with van der Waals surface area (Å²) >= 11 is 0. The second kappa shape index (κ2) is 6.78. The summed E-state index contributed by atoms with van der Waals surface area (Å²) in [6.45, 7) is 9.89. The van der Waals surface area contributed by atoms with Gasteiger partial charge in [-0.15, -0.1) is 0 Å². The fourth-order valence-electron chi connectivity index (χ4n) is 2.88. The van der Waals surface area contributed by atoms with E-state index in [1.54, 1.807) is 0 Å². The standard InChI is InChI=1S/C17H26N2O/c1-4-6-15(3)17(20)19-11-9-18(10-12-19)16-8-5-7-14(2)13-16/h5,7-8,13,15H,4,6,9-12H2,1-3H3. The summed E-state index contributed by atoms with van der Waals surface area (Å²) in [5.41, 5.74) is 2.57. The molecule has 3 heteroatoms. The van der Waals surface area contributed by atoms with E-state index in [2.05, 4.69) is 49.9 Å². The Bertz CT molecular complexity index is 450. The normalized spacial score (nSPS) is 17.1. The van der Waals surface area contributed by atoms with Crippen LogP contribution in [0, 0.1) is 12.8 Å². The molecule has 0 aromatic heterocycles. The summed E-state index contributed by atoms with van der Waals surface area (Å²) in [7, 11) is 0. The molecular formula is C17H26N2O. The molecule has 1 fully saturated rings. The molecule has 1 aliphatic rings. The van der Waals surface area contributed by atoms with Crippen molar-refractivity contribution in [2.75, 3.05) is 31.1 Å². The van der Waals surface area contributed by atoms with E-state index in [1.165, 1.54) is 11.3 Å². The van der Waals surface area contributed by atoms with Crippen molar-refractivity contribution >= 4 is 11.6 Å². The predicted molar refractivity (Wildman–Crippen MR) is 84.0 cm³/mol. The molecule has 20 heavy (non-hydrogen) atoms. The Morgan fingerprint density at radius 3 is 2.55 bits per heavy atom. The SMILES string of the molecule is CCCC(C)C(=O)N1CCN(c2cccc(C)c2)CC1. The van der Waals surface area contributed by atoms with Gasteiger partial charge in [0.1, 0.15) is 0 Å². The first kappa shape index (κ1) is 14.9. The molecular weight excluding hydrogens is 248 g/mol. The van der Waals surface area contributed by atoms with Gasteiger partial charge in [0.15, 0.2) is 0 Å². The minimum absolute atomic E-state index is 0.172. The number of carbonyl (C=O) groups excluding carboxylic acids is 1. The third-order valence-electron chi connectivity index (χ3n) is 4.10. The van der Waals surface area contributed by atoms with Crippen LogP contribution in [0.3, 0.4) is 0 Å². The molecule has 1 amide bonds. The van der Waals surface area contributed by atoms with Crippen molar-refractivity contribution in [1.29, 1.82) is 0 Å². The van der Waals surface area contributed by atoms with Crippen LogP contribution in [-0.4, -0.2) is 37.0 Å². The zero-order valence-electron chi connectivity index (χ0n) is 12.9. The van der Waals surface area contributed by atoms with Gasteiger partial charge >= 0.3 is 0 Å². The van der Waals surface area contributed by atoms with Gasteiger partial charge in [-0.2, -0.15) is 0 Å². The second-order valence-corrected chi connectivity index (χ2v) is 5.84. The van der Waals surface area contributed by atoms with Gasteiger partial charge in [0, 0.05) is 37.8 Å². The van der Waals surface area contributed by atoms with Crippen LogP contribution in [0.2, 0.25) is 0 Å². The van der Waals surface area contributed by atoms with Crippen molar-refractivity contribution in [3.63, 3.8) is 0 Å². The Kier molecular flexibility index (Phi) is 5.05. The molecule has 110 valence electrons. The van der Waals surface area contributed by atoms with Gasteiger partial charge in [0.25, 0.3) is 0 Å². The van der Waals surface area contributed by atoms with Gasteiger partial charge in [0.05, 0.1) is 0 Å². The molecule has 1 aliphatic heterocycles. The maximum absolute atomic E-state index is 12.3. The van der Waals surface area contributed by atoms with E-state index in [9.17, 15) is 4.79 Å². The van der Waals surface area contributed by atoms with E-state index in [4.69, 9.17) is 0 Å². The molecule has 1 aromatic rings. The molecule has 0 saturated carbocycles. The first-order chi connectivity index (χ1) is 9.61. The summed E-state index contributed by atoms with van der Waals surface area (Å²) in [4.78, 5) is 16.7. The highest BCUT2D eigenvalue weighted by Gasteiger charge is 2.24. The fourth-order valence-corrected chi connectivity index (χ4v) is 2.88. The van der Waals surface area contributed by atoms with E-state index in [1.807, 2.05) is 4.90 Å². The van der Waals surface area contributed by atoms with Crippen molar-refractivity contribution in [1.82, 2.24) is 4.90 Å². The number of aryl methyl sites for hydroxylation is 1. The van der Waals surface area contributed by atoms with Crippen LogP contribution in [0.4, 0.5) is 5.69 Å². The average Bonchev–Trinajstić information content (AvgIpc) is 2.47. The van der Waals surface area contributed by atoms with Gasteiger partial charge in [-0.05, 0) is 31.0 Å². The van der Waals surface area contributed by atoms with E-state index >= 15 is 0 Å². The molecule has 0 bridgehead atoms. The smallest absolute Gasteiger partial charge is 0.225 e. The lowest BCUT2D eigenvalue weighted by Gasteiger charge is -2.37. The molecule has 2 rings (SSSR count). The van der Waals surface area contributed by atoms with Crippen molar-refractivity contribution in [2.24, 2.45) is 5.92 Å². The Balaban J connectivity index is 1.91. The predicted octanol–water partition coefficient (Wildman–Crippen LogP) is 3.08. The lowest BCUT2D eigenvalue weighted by atomic mass is 10.0. The molecule has 1 atom stereocenters. The second-order valence-electron chi connectivity index (χ2n) is 5.84. The topological polar surface area (TPSA) is 23.6 Å².